The van der Waals surface area contributed by atoms with Crippen LogP contribution in [0.4, 0.5) is 0 Å². The molecule has 0 unspecified atom stereocenters. The van der Waals surface area contributed by atoms with Crippen LogP contribution in [0.15, 0.2) is 18.2 Å². The summed E-state index contributed by atoms with van der Waals surface area (Å²) in [5, 5.41) is 18.6. The fraction of sp³-hybridized carbons (Fsp3) is 0.214. The first-order chi connectivity index (χ1) is 9.97. The van der Waals surface area contributed by atoms with Crippen molar-refractivity contribution in [3.63, 3.8) is 0 Å². The maximum atomic E-state index is 11.8. The molecular formula is C14H12N2O3Se. The standard InChI is InChI=1S/C14H12N2O3Se/c1-3-19-14(18)12-8(2)16-13(20-12)9-4-5-11(17)10(6-9)7-15/h4-6,17H,3H2,1-2H3/i5D. The van der Waals surface area contributed by atoms with Crippen LogP contribution in [0.5, 0.6) is 5.75 Å². The average Bonchev–Trinajstić information content (AvgIpc) is 2.84. The molecule has 102 valence electrons. The van der Waals surface area contributed by atoms with Gasteiger partial charge < -0.3 is 0 Å². The van der Waals surface area contributed by atoms with Crippen LogP contribution in [0.25, 0.3) is 10.1 Å². The Kier molecular flexibility index (Phi) is 3.82. The van der Waals surface area contributed by atoms with Gasteiger partial charge in [-0.15, -0.1) is 0 Å². The van der Waals surface area contributed by atoms with E-state index in [0.717, 1.165) is 0 Å². The van der Waals surface area contributed by atoms with Gasteiger partial charge in [-0.2, -0.15) is 0 Å². The first kappa shape index (κ1) is 12.9. The van der Waals surface area contributed by atoms with E-state index in [4.69, 9.17) is 11.4 Å². The summed E-state index contributed by atoms with van der Waals surface area (Å²) in [5.74, 6) is -0.721. The molecule has 2 rings (SSSR count). The summed E-state index contributed by atoms with van der Waals surface area (Å²) >= 11 is -0.341. The maximum absolute atomic E-state index is 11.8. The topological polar surface area (TPSA) is 83.2 Å². The number of phenols is 1. The average molecular weight is 336 g/mol. The summed E-state index contributed by atoms with van der Waals surface area (Å²) in [7, 11) is 0. The monoisotopic (exact) mass is 337 g/mol. The number of nitrogens with zero attached hydrogens (tertiary/aromatic N) is 2. The molecule has 0 radical (unpaired) electrons. The van der Waals surface area contributed by atoms with E-state index in [1.54, 1.807) is 13.8 Å². The zero-order valence-electron chi connectivity index (χ0n) is 11.9. The predicted molar refractivity (Wildman–Crippen MR) is 73.7 cm³/mol. The SMILES string of the molecule is [2H]c1cc(-c2nc(C)c(C(=O)OCC)[se]2)cc(C#N)c1O. The van der Waals surface area contributed by atoms with E-state index in [1.165, 1.54) is 12.1 Å². The quantitative estimate of drug-likeness (QED) is 0.683. The molecule has 0 atom stereocenters. The number of aromatic hydroxyl groups is 1. The zero-order valence-corrected chi connectivity index (χ0v) is 12.6. The van der Waals surface area contributed by atoms with E-state index in [9.17, 15) is 9.90 Å². The molecule has 5 nitrogen and oxygen atoms in total. The second kappa shape index (κ2) is 5.91. The van der Waals surface area contributed by atoms with Crippen molar-refractivity contribution in [2.45, 2.75) is 13.8 Å². The molecule has 0 bridgehead atoms. The number of ether oxygens (including phenoxy) is 1. The Morgan fingerprint density at radius 2 is 2.45 bits per heavy atom. The number of rotatable bonds is 3. The van der Waals surface area contributed by atoms with Gasteiger partial charge in [0, 0.05) is 0 Å². The van der Waals surface area contributed by atoms with Crippen LogP contribution in [-0.4, -0.2) is 37.2 Å². The molecule has 1 aromatic heterocycles. The molecule has 2 aromatic rings. The molecule has 1 heterocycles. The first-order valence-corrected chi connectivity index (χ1v) is 7.57. The zero-order chi connectivity index (χ0) is 15.6. The van der Waals surface area contributed by atoms with Crippen LogP contribution in [0.3, 0.4) is 0 Å². The van der Waals surface area contributed by atoms with Crippen molar-refractivity contribution in [1.29, 1.82) is 5.26 Å². The van der Waals surface area contributed by atoms with Crippen LogP contribution < -0.4 is 0 Å². The summed E-state index contributed by atoms with van der Waals surface area (Å²) in [4.78, 5) is 16.1. The molecule has 1 aromatic carbocycles. The summed E-state index contributed by atoms with van der Waals surface area (Å²) in [6, 6.07) is 4.63. The Labute approximate surface area is 123 Å². The van der Waals surface area contributed by atoms with Crippen LogP contribution in [-0.2, 0) is 4.74 Å². The van der Waals surface area contributed by atoms with Crippen molar-refractivity contribution in [3.05, 3.63) is 33.9 Å². The van der Waals surface area contributed by atoms with E-state index in [2.05, 4.69) is 4.98 Å². The van der Waals surface area contributed by atoms with Gasteiger partial charge in [-0.1, -0.05) is 0 Å². The van der Waals surface area contributed by atoms with E-state index in [-0.39, 0.29) is 37.8 Å². The fourth-order valence-corrected chi connectivity index (χ4v) is 3.59. The molecule has 0 aliphatic carbocycles. The third-order valence-corrected chi connectivity index (χ3v) is 5.03. The van der Waals surface area contributed by atoms with Crippen molar-refractivity contribution >= 4 is 20.5 Å². The normalized spacial score (nSPS) is 10.8. The van der Waals surface area contributed by atoms with Crippen molar-refractivity contribution in [3.8, 4) is 22.0 Å². The van der Waals surface area contributed by atoms with Gasteiger partial charge in [0.05, 0.1) is 0 Å². The van der Waals surface area contributed by atoms with Crippen LogP contribution in [0.2, 0.25) is 0 Å². The molecule has 1 N–H and O–H groups in total. The van der Waals surface area contributed by atoms with Gasteiger partial charge in [0.15, 0.2) is 0 Å². The van der Waals surface area contributed by atoms with Crippen molar-refractivity contribution in [2.24, 2.45) is 0 Å². The molecule has 0 aliphatic rings. The number of hydrogen-bond donors (Lipinski definition) is 1. The molecule has 0 amide bonds. The van der Waals surface area contributed by atoms with Crippen LogP contribution in [0, 0.1) is 18.3 Å². The number of carbonyl (C=O) groups is 1. The Balaban J connectivity index is 2.49. The molecule has 20 heavy (non-hydrogen) atoms. The van der Waals surface area contributed by atoms with E-state index < -0.39 is 0 Å². The summed E-state index contributed by atoms with van der Waals surface area (Å²) in [5.41, 5.74) is 1.20. The molecule has 0 saturated carbocycles. The Hall–Kier alpha value is -2.09. The Bertz CT molecular complexity index is 749. The van der Waals surface area contributed by atoms with Gasteiger partial charge >= 0.3 is 123 Å². The number of hydrogen-bond acceptors (Lipinski definition) is 5. The Morgan fingerprint density at radius 1 is 1.70 bits per heavy atom. The number of nitriles is 1. The number of aryl methyl sites for hydroxylation is 1. The van der Waals surface area contributed by atoms with Crippen LogP contribution in [0.1, 0.15) is 28.8 Å². The third kappa shape index (κ3) is 2.74. The van der Waals surface area contributed by atoms with E-state index in [0.29, 0.717) is 26.9 Å². The number of benzene rings is 1. The van der Waals surface area contributed by atoms with Gasteiger partial charge in [0.2, 0.25) is 0 Å². The molecule has 0 aliphatic heterocycles. The molecule has 6 heteroatoms. The van der Waals surface area contributed by atoms with Gasteiger partial charge in [-0.3, -0.25) is 0 Å². The minimum atomic E-state index is -0.376. The van der Waals surface area contributed by atoms with Gasteiger partial charge in [0.25, 0.3) is 0 Å². The van der Waals surface area contributed by atoms with E-state index >= 15 is 0 Å². The second-order valence-electron chi connectivity index (χ2n) is 3.92. The second-order valence-corrected chi connectivity index (χ2v) is 6.01. The molecular weight excluding hydrogens is 323 g/mol. The summed E-state index contributed by atoms with van der Waals surface area (Å²) in [6.45, 7) is 3.77. The molecule has 0 saturated heterocycles. The van der Waals surface area contributed by atoms with Gasteiger partial charge in [0.1, 0.15) is 0 Å². The third-order valence-electron chi connectivity index (χ3n) is 2.54. The number of carbonyl (C=O) groups excluding carboxylic acids is 1. The summed E-state index contributed by atoms with van der Waals surface area (Å²) < 4.78 is 13.8. The van der Waals surface area contributed by atoms with Crippen molar-refractivity contribution in [1.82, 2.24) is 4.98 Å². The minimum absolute atomic E-state index is 0.0261. The van der Waals surface area contributed by atoms with E-state index in [1.807, 2.05) is 6.07 Å². The van der Waals surface area contributed by atoms with Gasteiger partial charge in [-0.25, -0.2) is 0 Å². The number of esters is 1. The fourth-order valence-electron chi connectivity index (χ4n) is 1.60. The van der Waals surface area contributed by atoms with Crippen LogP contribution >= 0.6 is 0 Å². The Morgan fingerprint density at radius 3 is 3.10 bits per heavy atom. The molecule has 0 spiro atoms. The number of phenolic OH excluding ortho intramolecular Hbond substituents is 1. The van der Waals surface area contributed by atoms with Crippen molar-refractivity contribution in [2.75, 3.05) is 6.61 Å². The first-order valence-electron chi connectivity index (χ1n) is 6.36. The van der Waals surface area contributed by atoms with Crippen molar-refractivity contribution < 1.29 is 16.0 Å². The predicted octanol–water partition coefficient (Wildman–Crippen LogP) is 1.87. The number of aromatic nitrogens is 1. The summed E-state index contributed by atoms with van der Waals surface area (Å²) in [6.07, 6.45) is 0. The van der Waals surface area contributed by atoms with Gasteiger partial charge in [-0.05, 0) is 0 Å². The molecule has 0 fully saturated rings.